The fourth-order valence-electron chi connectivity index (χ4n) is 1.93. The molecule has 0 aliphatic heterocycles. The third kappa shape index (κ3) is 5.33. The molecule has 3 atom stereocenters. The lowest BCUT2D eigenvalue weighted by Gasteiger charge is -2.34. The third-order valence-corrected chi connectivity index (χ3v) is 3.26. The van der Waals surface area contributed by atoms with Gasteiger partial charge in [-0.15, -0.1) is 0 Å². The van der Waals surface area contributed by atoms with Crippen LogP contribution in [-0.2, 0) is 14.3 Å². The maximum atomic E-state index is 11.7. The highest BCUT2D eigenvalue weighted by molar-refractivity contribution is 5.80. The Bertz CT molecular complexity index is 257. The lowest BCUT2D eigenvalue weighted by atomic mass is 9.94. The molecule has 2 N–H and O–H groups in total. The zero-order chi connectivity index (χ0) is 14.3. The van der Waals surface area contributed by atoms with Crippen LogP contribution in [0, 0.1) is 0 Å². The smallest absolute Gasteiger partial charge is 0.325 e. The van der Waals surface area contributed by atoms with E-state index < -0.39 is 5.54 Å². The van der Waals surface area contributed by atoms with Crippen molar-refractivity contribution in [1.29, 1.82) is 0 Å². The van der Waals surface area contributed by atoms with Crippen molar-refractivity contribution in [2.24, 2.45) is 5.73 Å². The van der Waals surface area contributed by atoms with Gasteiger partial charge < -0.3 is 15.2 Å². The summed E-state index contributed by atoms with van der Waals surface area (Å²) in [5.41, 5.74) is 5.08. The largest absolute Gasteiger partial charge is 0.465 e. The van der Waals surface area contributed by atoms with Gasteiger partial charge in [0.2, 0.25) is 0 Å². The van der Waals surface area contributed by atoms with Crippen molar-refractivity contribution in [2.45, 2.75) is 51.7 Å². The van der Waals surface area contributed by atoms with Gasteiger partial charge in [-0.05, 0) is 41.2 Å². The van der Waals surface area contributed by atoms with Gasteiger partial charge in [-0.2, -0.15) is 0 Å². The quantitative estimate of drug-likeness (QED) is 0.660. The van der Waals surface area contributed by atoms with Crippen molar-refractivity contribution in [3.63, 3.8) is 0 Å². The van der Waals surface area contributed by atoms with Crippen LogP contribution in [-0.4, -0.2) is 55.9 Å². The van der Waals surface area contributed by atoms with Gasteiger partial charge in [0.05, 0.1) is 13.2 Å². The van der Waals surface area contributed by atoms with Crippen LogP contribution in [0.25, 0.3) is 0 Å². The van der Waals surface area contributed by atoms with E-state index in [-0.39, 0.29) is 18.1 Å². The van der Waals surface area contributed by atoms with Crippen LogP contribution in [0.3, 0.4) is 0 Å². The Morgan fingerprint density at radius 1 is 1.39 bits per heavy atom. The maximum absolute atomic E-state index is 11.7. The number of esters is 1. The number of methoxy groups -OCH3 is 1. The van der Waals surface area contributed by atoms with Gasteiger partial charge in [0.1, 0.15) is 5.54 Å². The van der Waals surface area contributed by atoms with Crippen LogP contribution in [0.4, 0.5) is 0 Å². The number of hydrogen-bond donors (Lipinski definition) is 1. The fourth-order valence-corrected chi connectivity index (χ4v) is 1.93. The Hall–Kier alpha value is -0.650. The molecule has 0 saturated heterocycles. The molecular weight excluding hydrogens is 232 g/mol. The van der Waals surface area contributed by atoms with Gasteiger partial charge in [0.25, 0.3) is 0 Å². The lowest BCUT2D eigenvalue weighted by molar-refractivity contribution is -0.149. The summed E-state index contributed by atoms with van der Waals surface area (Å²) in [6, 6.07) is 0.456. The molecule has 0 aliphatic rings. The molecular formula is C13H28N2O3. The first-order valence-electron chi connectivity index (χ1n) is 6.43. The van der Waals surface area contributed by atoms with E-state index in [9.17, 15) is 4.79 Å². The van der Waals surface area contributed by atoms with Crippen molar-refractivity contribution in [1.82, 2.24) is 4.90 Å². The van der Waals surface area contributed by atoms with Crippen LogP contribution in [0.5, 0.6) is 0 Å². The second kappa shape index (κ2) is 7.71. The van der Waals surface area contributed by atoms with E-state index in [4.69, 9.17) is 15.2 Å². The molecule has 0 amide bonds. The van der Waals surface area contributed by atoms with Crippen LogP contribution >= 0.6 is 0 Å². The molecule has 0 aromatic heterocycles. The highest BCUT2D eigenvalue weighted by atomic mass is 16.5. The van der Waals surface area contributed by atoms with Crippen LogP contribution < -0.4 is 5.73 Å². The molecule has 0 spiro atoms. The monoisotopic (exact) mass is 260 g/mol. The average Bonchev–Trinajstić information content (AvgIpc) is 2.28. The van der Waals surface area contributed by atoms with E-state index in [0.29, 0.717) is 19.6 Å². The Kier molecular flexibility index (Phi) is 7.43. The van der Waals surface area contributed by atoms with Gasteiger partial charge in [-0.1, -0.05) is 0 Å². The normalized spacial score (nSPS) is 18.2. The van der Waals surface area contributed by atoms with Crippen molar-refractivity contribution in [2.75, 3.05) is 27.4 Å². The number of ether oxygens (including phenoxy) is 2. The summed E-state index contributed by atoms with van der Waals surface area (Å²) in [7, 11) is 3.69. The summed E-state index contributed by atoms with van der Waals surface area (Å²) in [5.74, 6) is -0.343. The average molecular weight is 260 g/mol. The lowest BCUT2D eigenvalue weighted by Crippen LogP contribution is -2.52. The summed E-state index contributed by atoms with van der Waals surface area (Å²) < 4.78 is 10.1. The second-order valence-electron chi connectivity index (χ2n) is 5.16. The van der Waals surface area contributed by atoms with Crippen LogP contribution in [0.1, 0.15) is 34.1 Å². The predicted octanol–water partition coefficient (Wildman–Crippen LogP) is 1.01. The molecule has 108 valence electrons. The molecule has 0 heterocycles. The third-order valence-electron chi connectivity index (χ3n) is 3.26. The fraction of sp³-hybridized carbons (Fsp3) is 0.923. The molecule has 5 nitrogen and oxygen atoms in total. The molecule has 0 bridgehead atoms. The van der Waals surface area contributed by atoms with Crippen molar-refractivity contribution < 1.29 is 14.3 Å². The summed E-state index contributed by atoms with van der Waals surface area (Å²) in [4.78, 5) is 13.9. The molecule has 5 heteroatoms. The number of hydrogen-bond acceptors (Lipinski definition) is 5. The van der Waals surface area contributed by atoms with Crippen LogP contribution in [0.2, 0.25) is 0 Å². The maximum Gasteiger partial charge on any atom is 0.325 e. The molecule has 0 aliphatic carbocycles. The minimum atomic E-state index is -0.948. The van der Waals surface area contributed by atoms with Gasteiger partial charge in [0.15, 0.2) is 0 Å². The van der Waals surface area contributed by atoms with Crippen molar-refractivity contribution in [3.8, 4) is 0 Å². The van der Waals surface area contributed by atoms with Gasteiger partial charge in [-0.3, -0.25) is 9.69 Å². The first kappa shape index (κ1) is 17.4. The highest BCUT2D eigenvalue weighted by Crippen LogP contribution is 2.16. The number of likely N-dealkylation sites (N-methyl/N-ethyl adjacent to an activating group) is 1. The first-order valence-corrected chi connectivity index (χ1v) is 6.43. The topological polar surface area (TPSA) is 64.8 Å². The SMILES string of the molecule is CCOC(=O)C(C)(N)CC(C)N(C)C(C)COC. The number of nitrogens with two attached hydrogens (primary N) is 1. The van der Waals surface area contributed by atoms with Crippen molar-refractivity contribution in [3.05, 3.63) is 0 Å². The Labute approximate surface area is 111 Å². The molecule has 0 aromatic carbocycles. The number of carbonyl (C=O) groups excluding carboxylic acids is 1. The predicted molar refractivity (Wildman–Crippen MR) is 72.4 cm³/mol. The van der Waals surface area contributed by atoms with Gasteiger partial charge >= 0.3 is 5.97 Å². The van der Waals surface area contributed by atoms with E-state index in [1.54, 1.807) is 21.0 Å². The zero-order valence-corrected chi connectivity index (χ0v) is 12.5. The van der Waals surface area contributed by atoms with E-state index in [2.05, 4.69) is 18.7 Å². The highest BCUT2D eigenvalue weighted by Gasteiger charge is 2.33. The number of carbonyl (C=O) groups is 1. The minimum absolute atomic E-state index is 0.176. The summed E-state index contributed by atoms with van der Waals surface area (Å²) in [6.45, 7) is 8.65. The molecule has 3 unspecified atom stereocenters. The first-order chi connectivity index (χ1) is 8.26. The number of rotatable bonds is 8. The standard InChI is InChI=1S/C13H28N2O3/c1-7-18-12(16)13(4,14)8-10(2)15(5)11(3)9-17-6/h10-11H,7-9,14H2,1-6H3. The van der Waals surface area contributed by atoms with E-state index >= 15 is 0 Å². The van der Waals surface area contributed by atoms with E-state index in [1.165, 1.54) is 0 Å². The summed E-state index contributed by atoms with van der Waals surface area (Å²) in [5, 5.41) is 0. The van der Waals surface area contributed by atoms with E-state index in [0.717, 1.165) is 0 Å². The van der Waals surface area contributed by atoms with Crippen molar-refractivity contribution >= 4 is 5.97 Å². The molecule has 0 radical (unpaired) electrons. The van der Waals surface area contributed by atoms with Gasteiger partial charge in [0, 0.05) is 19.2 Å². The number of nitrogens with zero attached hydrogens (tertiary/aromatic N) is 1. The Morgan fingerprint density at radius 2 is 1.94 bits per heavy atom. The van der Waals surface area contributed by atoms with Gasteiger partial charge in [-0.25, -0.2) is 0 Å². The summed E-state index contributed by atoms with van der Waals surface area (Å²) >= 11 is 0. The Balaban J connectivity index is 4.44. The molecule has 0 fully saturated rings. The summed E-state index contributed by atoms with van der Waals surface area (Å²) in [6.07, 6.45) is 0.552. The van der Waals surface area contributed by atoms with E-state index in [1.807, 2.05) is 7.05 Å². The molecule has 0 aromatic rings. The molecule has 0 saturated carbocycles. The molecule has 18 heavy (non-hydrogen) atoms. The zero-order valence-electron chi connectivity index (χ0n) is 12.5. The second-order valence-corrected chi connectivity index (χ2v) is 5.16. The molecule has 0 rings (SSSR count). The Morgan fingerprint density at radius 3 is 2.39 bits per heavy atom. The minimum Gasteiger partial charge on any atom is -0.465 e. The van der Waals surface area contributed by atoms with Crippen LogP contribution in [0.15, 0.2) is 0 Å².